The number of hydrazone groups is 1. The van der Waals surface area contributed by atoms with E-state index in [0.717, 1.165) is 25.7 Å². The molecule has 0 amide bonds. The van der Waals surface area contributed by atoms with Crippen molar-refractivity contribution in [2.45, 2.75) is 44.4 Å². The number of nitrogens with zero attached hydrogens (tertiary/aromatic N) is 2. The van der Waals surface area contributed by atoms with Gasteiger partial charge in [0.1, 0.15) is 18.8 Å². The minimum Gasteiger partial charge on any atom is -0.378 e. The lowest BCUT2D eigenvalue weighted by atomic mass is 9.80. The molecule has 5 atom stereocenters. The van der Waals surface area contributed by atoms with Crippen molar-refractivity contribution in [1.82, 2.24) is 15.6 Å². The zero-order valence-corrected chi connectivity index (χ0v) is 9.08. The van der Waals surface area contributed by atoms with Gasteiger partial charge in [-0.25, -0.2) is 4.90 Å². The summed E-state index contributed by atoms with van der Waals surface area (Å²) < 4.78 is 0. The van der Waals surface area contributed by atoms with Gasteiger partial charge < -0.3 is 15.5 Å². The highest BCUT2D eigenvalue weighted by Gasteiger charge is 2.50. The highest BCUT2D eigenvalue weighted by molar-refractivity contribution is 5.56. The number of hydrogen-bond donors (Lipinski definition) is 4. The van der Waals surface area contributed by atoms with Crippen LogP contribution in [0.2, 0.25) is 0 Å². The van der Waals surface area contributed by atoms with Crippen molar-refractivity contribution in [3.63, 3.8) is 0 Å². The summed E-state index contributed by atoms with van der Waals surface area (Å²) in [6.45, 7) is 0. The van der Waals surface area contributed by atoms with Crippen LogP contribution in [0.5, 0.6) is 0 Å². The summed E-state index contributed by atoms with van der Waals surface area (Å²) in [6.07, 6.45) is 4.43. The van der Waals surface area contributed by atoms with Gasteiger partial charge in [0.2, 0.25) is 0 Å². The summed E-state index contributed by atoms with van der Waals surface area (Å²) >= 11 is 0. The van der Waals surface area contributed by atoms with Crippen LogP contribution < -0.4 is 10.7 Å². The van der Waals surface area contributed by atoms with E-state index < -0.39 is 12.5 Å². The molecule has 0 spiro atoms. The Labute approximate surface area is 94.3 Å². The molecular formula is C10H18N4O2. The number of hydrogen-bond acceptors (Lipinski definition) is 6. The smallest absolute Gasteiger partial charge is 0.175 e. The van der Waals surface area contributed by atoms with Gasteiger partial charge in [0.25, 0.3) is 0 Å². The fraction of sp³-hybridized carbons (Fsp3) is 0.900. The van der Waals surface area contributed by atoms with Gasteiger partial charge in [0, 0.05) is 11.8 Å². The van der Waals surface area contributed by atoms with E-state index in [9.17, 15) is 10.2 Å². The zero-order chi connectivity index (χ0) is 11.1. The average Bonchev–Trinajstić information content (AvgIpc) is 2.89. The molecule has 1 saturated carbocycles. The van der Waals surface area contributed by atoms with E-state index in [2.05, 4.69) is 15.8 Å². The maximum Gasteiger partial charge on any atom is 0.175 e. The maximum absolute atomic E-state index is 10.2. The summed E-state index contributed by atoms with van der Waals surface area (Å²) in [4.78, 5) is 1.69. The third kappa shape index (κ3) is 1.41. The number of likely N-dealkylation sites (tertiary alicyclic amines) is 1. The summed E-state index contributed by atoms with van der Waals surface area (Å²) in [6, 6.07) is 0. The first-order valence-electron chi connectivity index (χ1n) is 5.96. The van der Waals surface area contributed by atoms with Crippen LogP contribution in [-0.2, 0) is 0 Å². The molecule has 16 heavy (non-hydrogen) atoms. The number of nitrogens with one attached hydrogen (secondary N) is 2. The molecule has 3 rings (SSSR count). The van der Waals surface area contributed by atoms with Crippen molar-refractivity contribution in [2.24, 2.45) is 16.9 Å². The van der Waals surface area contributed by atoms with Crippen LogP contribution in [0.3, 0.4) is 0 Å². The quantitative estimate of drug-likeness (QED) is 0.469. The Morgan fingerprint density at radius 2 is 1.75 bits per heavy atom. The Hall–Kier alpha value is -0.850. The Balaban J connectivity index is 1.78. The number of aliphatic hydroxyl groups is 2. The van der Waals surface area contributed by atoms with Crippen LogP contribution in [0.4, 0.5) is 0 Å². The predicted octanol–water partition coefficient (Wildman–Crippen LogP) is -0.835. The Morgan fingerprint density at radius 3 is 2.25 bits per heavy atom. The van der Waals surface area contributed by atoms with E-state index in [-0.39, 0.29) is 18.1 Å². The maximum atomic E-state index is 10.2. The third-order valence-corrected chi connectivity index (χ3v) is 4.04. The van der Waals surface area contributed by atoms with Gasteiger partial charge in [-0.2, -0.15) is 5.10 Å². The van der Waals surface area contributed by atoms with Gasteiger partial charge in [0.05, 0.1) is 0 Å². The Bertz CT molecular complexity index is 273. The van der Waals surface area contributed by atoms with E-state index in [1.54, 1.807) is 11.2 Å². The van der Waals surface area contributed by atoms with E-state index >= 15 is 0 Å². The molecule has 3 aliphatic rings. The molecule has 5 unspecified atom stereocenters. The standard InChI is InChI=1S/C10H18N4O2/c15-8-6-3-1-2-4-7(6)9(16)14(8)10-11-5-12-13-10/h5-10,13,15-16H,1-4H2,(H,11,12). The van der Waals surface area contributed by atoms with Gasteiger partial charge in [-0.3, -0.25) is 5.43 Å². The first kappa shape index (κ1) is 10.3. The summed E-state index contributed by atoms with van der Waals surface area (Å²) in [7, 11) is 0. The Morgan fingerprint density at radius 1 is 1.12 bits per heavy atom. The molecule has 6 nitrogen and oxygen atoms in total. The molecule has 0 aromatic heterocycles. The van der Waals surface area contributed by atoms with Crippen LogP contribution >= 0.6 is 0 Å². The number of rotatable bonds is 1. The molecule has 0 bridgehead atoms. The molecule has 2 aliphatic heterocycles. The van der Waals surface area contributed by atoms with Crippen LogP contribution in [0, 0.1) is 11.8 Å². The largest absolute Gasteiger partial charge is 0.378 e. The molecule has 2 heterocycles. The number of aliphatic hydroxyl groups excluding tert-OH is 2. The molecule has 0 aromatic carbocycles. The van der Waals surface area contributed by atoms with Gasteiger partial charge in [-0.05, 0) is 12.8 Å². The van der Waals surface area contributed by atoms with E-state index in [0.29, 0.717) is 0 Å². The van der Waals surface area contributed by atoms with Crippen molar-refractivity contribution in [2.75, 3.05) is 0 Å². The first-order chi connectivity index (χ1) is 7.79. The molecule has 0 radical (unpaired) electrons. The van der Waals surface area contributed by atoms with Crippen LogP contribution in [-0.4, -0.2) is 40.2 Å². The zero-order valence-electron chi connectivity index (χ0n) is 9.08. The van der Waals surface area contributed by atoms with Gasteiger partial charge >= 0.3 is 0 Å². The summed E-state index contributed by atoms with van der Waals surface area (Å²) in [5.41, 5.74) is 2.83. The fourth-order valence-electron chi connectivity index (χ4n) is 3.24. The van der Waals surface area contributed by atoms with Crippen molar-refractivity contribution in [1.29, 1.82) is 0 Å². The predicted molar refractivity (Wildman–Crippen MR) is 57.9 cm³/mol. The molecular weight excluding hydrogens is 208 g/mol. The Kier molecular flexibility index (Phi) is 2.49. The highest BCUT2D eigenvalue weighted by atomic mass is 16.3. The van der Waals surface area contributed by atoms with Gasteiger partial charge in [-0.15, -0.1) is 0 Å². The van der Waals surface area contributed by atoms with Crippen molar-refractivity contribution < 1.29 is 10.2 Å². The van der Waals surface area contributed by atoms with Crippen LogP contribution in [0.25, 0.3) is 0 Å². The van der Waals surface area contributed by atoms with Crippen LogP contribution in [0.15, 0.2) is 5.10 Å². The fourth-order valence-corrected chi connectivity index (χ4v) is 3.24. The molecule has 4 N–H and O–H groups in total. The van der Waals surface area contributed by atoms with E-state index in [1.165, 1.54) is 0 Å². The first-order valence-corrected chi connectivity index (χ1v) is 5.96. The number of fused-ring (bicyclic) bond motifs is 1. The molecule has 6 heteroatoms. The van der Waals surface area contributed by atoms with Crippen LogP contribution in [0.1, 0.15) is 25.7 Å². The highest BCUT2D eigenvalue weighted by Crippen LogP contribution is 2.43. The monoisotopic (exact) mass is 226 g/mol. The van der Waals surface area contributed by atoms with Gasteiger partial charge in [0.15, 0.2) is 6.29 Å². The topological polar surface area (TPSA) is 80.1 Å². The van der Waals surface area contributed by atoms with Crippen molar-refractivity contribution in [3.8, 4) is 0 Å². The summed E-state index contributed by atoms with van der Waals surface area (Å²) in [5, 5.41) is 27.3. The second-order valence-corrected chi connectivity index (χ2v) is 4.84. The molecule has 0 aromatic rings. The molecule has 1 aliphatic carbocycles. The molecule has 1 saturated heterocycles. The van der Waals surface area contributed by atoms with Gasteiger partial charge in [-0.1, -0.05) is 12.8 Å². The normalized spacial score (nSPS) is 47.5. The van der Waals surface area contributed by atoms with Crippen molar-refractivity contribution >= 4 is 6.34 Å². The SMILES string of the molecule is OC1C2CCCCC2C(O)N1C1NC=NN1. The van der Waals surface area contributed by atoms with E-state index in [1.807, 2.05) is 0 Å². The molecule has 2 fully saturated rings. The van der Waals surface area contributed by atoms with E-state index in [4.69, 9.17) is 0 Å². The van der Waals surface area contributed by atoms with Crippen molar-refractivity contribution in [3.05, 3.63) is 0 Å². The second kappa shape index (κ2) is 3.87. The lowest BCUT2D eigenvalue weighted by molar-refractivity contribution is -0.100. The minimum atomic E-state index is -0.577. The third-order valence-electron chi connectivity index (χ3n) is 4.04. The average molecular weight is 226 g/mol. The summed E-state index contributed by atoms with van der Waals surface area (Å²) in [5.74, 6) is 0.404. The molecule has 90 valence electrons. The minimum absolute atomic E-state index is 0.202. The lowest BCUT2D eigenvalue weighted by Gasteiger charge is -2.30. The lowest BCUT2D eigenvalue weighted by Crippen LogP contribution is -2.55. The second-order valence-electron chi connectivity index (χ2n) is 4.84.